The van der Waals surface area contributed by atoms with E-state index >= 15 is 0 Å². The smallest absolute Gasteiger partial charge is 0.319 e. The van der Waals surface area contributed by atoms with Crippen LogP contribution in [0.2, 0.25) is 0 Å². The van der Waals surface area contributed by atoms with Gasteiger partial charge in [-0.05, 0) is 75.6 Å². The van der Waals surface area contributed by atoms with Crippen molar-refractivity contribution in [3.05, 3.63) is 185 Å². The number of rotatable bonds is 20. The van der Waals surface area contributed by atoms with Gasteiger partial charge in [-0.1, -0.05) is 121 Å². The molecule has 0 amide bonds. The Kier molecular flexibility index (Phi) is 23.4. The fraction of sp³-hybridized carbons (Fsp3) is 0.353. The second kappa shape index (κ2) is 32.5. The Morgan fingerprint density at radius 2 is 0.531 bits per heavy atom. The van der Waals surface area contributed by atoms with E-state index in [2.05, 4.69) is 21.3 Å². The highest BCUT2D eigenvalue weighted by Gasteiger charge is 2.38. The lowest BCUT2D eigenvalue weighted by molar-refractivity contribution is -0.383. The first kappa shape index (κ1) is 69.0. The number of hydrogen-bond acceptors (Lipinski definition) is 20. The summed E-state index contributed by atoms with van der Waals surface area (Å²) < 4.78 is 27.6. The van der Waals surface area contributed by atoms with Gasteiger partial charge in [0.25, 0.3) is 0 Å². The van der Waals surface area contributed by atoms with E-state index in [0.29, 0.717) is 121 Å². The average molecular weight is 1320 g/mol. The van der Waals surface area contributed by atoms with Crippen LogP contribution < -0.4 is 21.3 Å². The number of fused-ring (bicyclic) bond motifs is 4. The molecule has 0 atom stereocenters. The zero-order valence-corrected chi connectivity index (χ0v) is 53.8. The number of nitrogens with one attached hydrogen (secondary N) is 4. The maximum Gasteiger partial charge on any atom is 0.319 e. The van der Waals surface area contributed by atoms with E-state index in [-0.39, 0.29) is 118 Å². The van der Waals surface area contributed by atoms with Crippen LogP contribution in [-0.4, -0.2) is 114 Å². The SMILES string of the molecule is CCOC(=O)Cc1c(-c2ccccc2)c([N+](=O)[O-])c2n1CCCN2.CCOC(=O)Cc1c(-c2ccccc2)c([N+](=O)[O-])c2n1CCCN2.CCOC(=O)Cc1c(-c2ccccc2)c([N+](=O)[O-])c2n1CCCN2.CCOC(=O)Cc1c(-c2ccccc2)c([N+](=O)[O-])c2n1CCCN2. The van der Waals surface area contributed by atoms with Crippen molar-refractivity contribution in [1.29, 1.82) is 0 Å². The molecule has 8 heterocycles. The van der Waals surface area contributed by atoms with Crippen molar-refractivity contribution in [2.75, 3.05) is 73.9 Å². The molecule has 4 aromatic carbocycles. The topological polar surface area (TPSA) is 346 Å². The van der Waals surface area contributed by atoms with Crippen LogP contribution in [0.5, 0.6) is 0 Å². The average Bonchev–Trinajstić information content (AvgIpc) is 1.64. The first-order valence-corrected chi connectivity index (χ1v) is 31.9. The van der Waals surface area contributed by atoms with Crippen LogP contribution in [0.25, 0.3) is 44.5 Å². The number of carbonyl (C=O) groups excluding carboxylic acids is 4. The number of benzene rings is 4. The number of esters is 4. The summed E-state index contributed by atoms with van der Waals surface area (Å²) >= 11 is 0. The summed E-state index contributed by atoms with van der Waals surface area (Å²) in [6, 6.07) is 36.6. The molecule has 28 heteroatoms. The number of aromatic nitrogens is 4. The number of nitrogens with zero attached hydrogens (tertiary/aromatic N) is 8. The molecule has 0 saturated carbocycles. The third kappa shape index (κ3) is 15.5. The standard InChI is InChI=1S/4C17H19N3O4/c4*1-2-24-14(21)11-13-15(12-7-4-3-5-8-12)16(20(22)23)17-18-9-6-10-19(13)17/h4*3-5,7-8,18H,2,6,9-11H2,1H3. The third-order valence-corrected chi connectivity index (χ3v) is 16.2. The molecule has 0 saturated heterocycles. The lowest BCUT2D eigenvalue weighted by atomic mass is 10.0. The van der Waals surface area contributed by atoms with Crippen molar-refractivity contribution < 1.29 is 57.8 Å². The van der Waals surface area contributed by atoms with Crippen molar-refractivity contribution >= 4 is 69.9 Å². The molecule has 28 nitrogen and oxygen atoms in total. The molecule has 0 spiro atoms. The second-order valence-corrected chi connectivity index (χ2v) is 22.2. The molecule has 12 rings (SSSR count). The van der Waals surface area contributed by atoms with Gasteiger partial charge in [-0.15, -0.1) is 0 Å². The van der Waals surface area contributed by atoms with E-state index in [1.165, 1.54) is 0 Å². The first-order valence-electron chi connectivity index (χ1n) is 31.9. The van der Waals surface area contributed by atoms with Gasteiger partial charge in [0.05, 0.1) is 94.1 Å². The van der Waals surface area contributed by atoms with Crippen LogP contribution >= 0.6 is 0 Å². The van der Waals surface area contributed by atoms with E-state index in [9.17, 15) is 59.6 Å². The van der Waals surface area contributed by atoms with Gasteiger partial charge < -0.3 is 58.5 Å². The Balaban J connectivity index is 0.000000150. The Bertz CT molecular complexity index is 3600. The summed E-state index contributed by atoms with van der Waals surface area (Å²) in [5.74, 6) is 0.388. The van der Waals surface area contributed by atoms with Crippen LogP contribution in [0.15, 0.2) is 121 Å². The number of ether oxygens (including phenoxy) is 4. The van der Waals surface area contributed by atoms with E-state index in [1.54, 1.807) is 27.7 Å². The molecule has 4 N–H and O–H groups in total. The van der Waals surface area contributed by atoms with Gasteiger partial charge in [0.1, 0.15) is 0 Å². The van der Waals surface area contributed by atoms with Crippen molar-refractivity contribution in [1.82, 2.24) is 18.3 Å². The Labute approximate surface area is 552 Å². The fourth-order valence-corrected chi connectivity index (χ4v) is 12.6. The molecule has 0 aliphatic carbocycles. The molecule has 0 radical (unpaired) electrons. The summed E-state index contributed by atoms with van der Waals surface area (Å²) in [4.78, 5) is 93.6. The lowest BCUT2D eigenvalue weighted by Crippen LogP contribution is -2.20. The largest absolute Gasteiger partial charge is 0.466 e. The molecule has 4 aromatic heterocycles. The molecular weight excluding hydrogens is 1240 g/mol. The van der Waals surface area contributed by atoms with Gasteiger partial charge in [0.2, 0.25) is 0 Å². The summed E-state index contributed by atoms with van der Waals surface area (Å²) in [7, 11) is 0. The minimum absolute atomic E-state index is 0.0145. The molecule has 8 aromatic rings. The van der Waals surface area contributed by atoms with Gasteiger partial charge in [-0.25, -0.2) is 0 Å². The van der Waals surface area contributed by atoms with Crippen molar-refractivity contribution in [3.8, 4) is 44.5 Å². The summed E-state index contributed by atoms with van der Waals surface area (Å²) in [5, 5.41) is 59.4. The fourth-order valence-electron chi connectivity index (χ4n) is 12.6. The first-order chi connectivity index (χ1) is 46.5. The highest BCUT2D eigenvalue weighted by Crippen LogP contribution is 2.48. The minimum Gasteiger partial charge on any atom is -0.466 e. The molecule has 4 aliphatic heterocycles. The zero-order valence-electron chi connectivity index (χ0n) is 53.8. The van der Waals surface area contributed by atoms with Crippen LogP contribution in [0, 0.1) is 40.5 Å². The van der Waals surface area contributed by atoms with Crippen molar-refractivity contribution in [3.63, 3.8) is 0 Å². The highest BCUT2D eigenvalue weighted by atomic mass is 16.6. The summed E-state index contributed by atoms with van der Waals surface area (Å²) in [5.41, 5.74) is 7.55. The predicted octanol–water partition coefficient (Wildman–Crippen LogP) is 11.9. The van der Waals surface area contributed by atoms with Gasteiger partial charge in [-0.3, -0.25) is 59.6 Å². The molecule has 0 bridgehead atoms. The van der Waals surface area contributed by atoms with Crippen molar-refractivity contribution in [2.45, 2.75) is 105 Å². The quantitative estimate of drug-likeness (QED) is 0.0238. The monoisotopic (exact) mass is 1320 g/mol. The van der Waals surface area contributed by atoms with Crippen LogP contribution in [0.3, 0.4) is 0 Å². The molecule has 4 aliphatic rings. The van der Waals surface area contributed by atoms with Gasteiger partial charge in [-0.2, -0.15) is 0 Å². The third-order valence-electron chi connectivity index (χ3n) is 16.2. The maximum atomic E-state index is 12.0. The number of nitro groups is 4. The van der Waals surface area contributed by atoms with Crippen LogP contribution in [0.4, 0.5) is 46.0 Å². The van der Waals surface area contributed by atoms with Gasteiger partial charge in [0.15, 0.2) is 23.3 Å². The lowest BCUT2D eigenvalue weighted by Gasteiger charge is -2.18. The van der Waals surface area contributed by atoms with E-state index < -0.39 is 0 Å². The molecule has 504 valence electrons. The minimum atomic E-state index is -0.379. The van der Waals surface area contributed by atoms with Gasteiger partial charge >= 0.3 is 46.6 Å². The number of carbonyl (C=O) groups is 4. The number of hydrogen-bond donors (Lipinski definition) is 4. The van der Waals surface area contributed by atoms with E-state index in [4.69, 9.17) is 18.9 Å². The number of anilines is 4. The predicted molar refractivity (Wildman–Crippen MR) is 360 cm³/mol. The molecule has 96 heavy (non-hydrogen) atoms. The Hall–Kier alpha value is -11.3. The summed E-state index contributed by atoms with van der Waals surface area (Å²) in [6.45, 7) is 13.4. The van der Waals surface area contributed by atoms with Gasteiger partial charge in [0, 0.05) is 75.1 Å². The van der Waals surface area contributed by atoms with Crippen LogP contribution in [-0.2, 0) is 90.0 Å². The van der Waals surface area contributed by atoms with E-state index in [0.717, 1.165) is 47.9 Å². The van der Waals surface area contributed by atoms with Crippen molar-refractivity contribution in [2.24, 2.45) is 0 Å². The zero-order chi connectivity index (χ0) is 68.4. The Morgan fingerprint density at radius 3 is 0.698 bits per heavy atom. The summed E-state index contributed by atoms with van der Waals surface area (Å²) in [6.07, 6.45) is 3.46. The molecular formula is C68H76N12O16. The molecule has 0 unspecified atom stereocenters. The normalized spacial score (nSPS) is 13.0. The maximum absolute atomic E-state index is 12.0. The Morgan fingerprint density at radius 1 is 0.344 bits per heavy atom. The second-order valence-electron chi connectivity index (χ2n) is 22.2. The van der Waals surface area contributed by atoms with E-state index in [1.807, 2.05) is 140 Å². The van der Waals surface area contributed by atoms with Crippen LogP contribution in [0.1, 0.15) is 76.2 Å². The molecule has 0 fully saturated rings. The highest BCUT2D eigenvalue weighted by molar-refractivity contribution is 5.92.